The zero-order valence-corrected chi connectivity index (χ0v) is 16.7. The first-order chi connectivity index (χ1) is 12.0. The second-order valence-electron chi connectivity index (χ2n) is 8.56. The minimum Gasteiger partial charge on any atom is -0.350 e. The molecule has 1 saturated carbocycles. The Balaban J connectivity index is 1.66. The first-order valence-corrected chi connectivity index (χ1v) is 9.24. The van der Waals surface area contributed by atoms with Gasteiger partial charge in [0.05, 0.1) is 6.54 Å². The van der Waals surface area contributed by atoms with E-state index in [0.29, 0.717) is 24.4 Å². The van der Waals surface area contributed by atoms with Crippen molar-refractivity contribution >= 4 is 30.1 Å². The van der Waals surface area contributed by atoms with Gasteiger partial charge in [0.25, 0.3) is 5.91 Å². The van der Waals surface area contributed by atoms with E-state index in [9.17, 15) is 9.59 Å². The van der Waals surface area contributed by atoms with Gasteiger partial charge in [0.1, 0.15) is 5.70 Å². The quantitative estimate of drug-likeness (QED) is 0.403. The SMILES string of the molecule is C=N/C(=C\C(=C)Cl)C(=O)NCC1CC2(C1)CN(CC(=O)NC(C)(C)C)C2. The van der Waals surface area contributed by atoms with Gasteiger partial charge in [-0.3, -0.25) is 19.5 Å². The molecule has 6 nitrogen and oxygen atoms in total. The summed E-state index contributed by atoms with van der Waals surface area (Å²) in [6.45, 7) is 15.8. The first-order valence-electron chi connectivity index (χ1n) is 8.86. The van der Waals surface area contributed by atoms with Crippen molar-refractivity contribution in [2.24, 2.45) is 16.3 Å². The molecule has 7 heteroatoms. The Labute approximate surface area is 160 Å². The van der Waals surface area contributed by atoms with E-state index in [1.165, 1.54) is 6.08 Å². The zero-order valence-electron chi connectivity index (χ0n) is 15.9. The lowest BCUT2D eigenvalue weighted by Crippen LogP contribution is -2.64. The van der Waals surface area contributed by atoms with Crippen molar-refractivity contribution in [2.75, 3.05) is 26.2 Å². The number of halogens is 1. The number of nitrogens with zero attached hydrogens (tertiary/aromatic N) is 2. The lowest BCUT2D eigenvalue weighted by Gasteiger charge is -2.59. The predicted molar refractivity (Wildman–Crippen MR) is 105 cm³/mol. The number of hydrogen-bond donors (Lipinski definition) is 2. The predicted octanol–water partition coefficient (Wildman–Crippen LogP) is 2.07. The fourth-order valence-electron chi connectivity index (χ4n) is 3.90. The van der Waals surface area contributed by atoms with Crippen LogP contribution in [0.3, 0.4) is 0 Å². The van der Waals surface area contributed by atoms with Crippen LogP contribution in [0, 0.1) is 11.3 Å². The molecule has 144 valence electrons. The van der Waals surface area contributed by atoms with Gasteiger partial charge in [-0.25, -0.2) is 0 Å². The van der Waals surface area contributed by atoms with Crippen LogP contribution in [0.5, 0.6) is 0 Å². The van der Waals surface area contributed by atoms with Crippen molar-refractivity contribution in [3.8, 4) is 0 Å². The number of aliphatic imine (C=N–C) groups is 1. The summed E-state index contributed by atoms with van der Waals surface area (Å²) >= 11 is 5.67. The number of carbonyl (C=O) groups is 2. The van der Waals surface area contributed by atoms with Crippen LogP contribution in [-0.4, -0.2) is 55.1 Å². The normalized spacial score (nSPS) is 20.1. The van der Waals surface area contributed by atoms with Crippen LogP contribution in [-0.2, 0) is 9.59 Å². The van der Waals surface area contributed by atoms with Crippen LogP contribution in [0.4, 0.5) is 0 Å². The average Bonchev–Trinajstić information content (AvgIpc) is 2.42. The van der Waals surface area contributed by atoms with E-state index in [1.807, 2.05) is 20.8 Å². The van der Waals surface area contributed by atoms with Crippen LogP contribution >= 0.6 is 11.6 Å². The molecule has 0 unspecified atom stereocenters. The lowest BCUT2D eigenvalue weighted by atomic mass is 9.57. The third kappa shape index (κ3) is 5.68. The Bertz CT molecular complexity index is 622. The fraction of sp³-hybridized carbons (Fsp3) is 0.632. The highest BCUT2D eigenvalue weighted by atomic mass is 35.5. The highest BCUT2D eigenvalue weighted by Gasteiger charge is 2.52. The van der Waals surface area contributed by atoms with E-state index in [0.717, 1.165) is 25.9 Å². The zero-order chi connectivity index (χ0) is 19.5. The fourth-order valence-corrected chi connectivity index (χ4v) is 4.00. The average molecular weight is 381 g/mol. The van der Waals surface area contributed by atoms with E-state index >= 15 is 0 Å². The molecule has 2 rings (SSSR count). The molecule has 1 spiro atoms. The van der Waals surface area contributed by atoms with Crippen LogP contribution in [0.1, 0.15) is 33.6 Å². The molecule has 0 aromatic heterocycles. The Hall–Kier alpha value is -1.66. The second kappa shape index (κ2) is 7.92. The Morgan fingerprint density at radius 3 is 2.46 bits per heavy atom. The van der Waals surface area contributed by atoms with Crippen LogP contribution < -0.4 is 10.6 Å². The van der Waals surface area contributed by atoms with Crippen molar-refractivity contribution in [1.29, 1.82) is 0 Å². The maximum absolute atomic E-state index is 12.0. The van der Waals surface area contributed by atoms with Gasteiger partial charge in [0.15, 0.2) is 0 Å². The monoisotopic (exact) mass is 380 g/mol. The maximum atomic E-state index is 12.0. The number of amides is 2. The standard InChI is InChI=1S/C19H29ClN4O2/c1-13(20)6-15(21-5)17(26)22-9-14-7-19(8-14)11-24(12-19)10-16(25)23-18(2,3)4/h6,14H,1,5,7-12H2,2-4H3,(H,22,26)(H,23,25)/b15-6-. The molecule has 2 N–H and O–H groups in total. The Morgan fingerprint density at radius 2 is 1.96 bits per heavy atom. The van der Waals surface area contributed by atoms with Gasteiger partial charge in [-0.2, -0.15) is 0 Å². The van der Waals surface area contributed by atoms with Gasteiger partial charge < -0.3 is 10.6 Å². The summed E-state index contributed by atoms with van der Waals surface area (Å²) in [4.78, 5) is 29.8. The van der Waals surface area contributed by atoms with Gasteiger partial charge in [0, 0.05) is 30.2 Å². The van der Waals surface area contributed by atoms with Gasteiger partial charge in [-0.05, 0) is 57.7 Å². The number of rotatable bonds is 7. The highest BCUT2D eigenvalue weighted by Crippen LogP contribution is 2.51. The maximum Gasteiger partial charge on any atom is 0.269 e. The molecule has 1 saturated heterocycles. The van der Waals surface area contributed by atoms with E-state index in [1.54, 1.807) is 0 Å². The molecule has 1 aliphatic heterocycles. The number of allylic oxidation sites excluding steroid dienone is 2. The number of nitrogens with one attached hydrogen (secondary N) is 2. The smallest absolute Gasteiger partial charge is 0.269 e. The molecule has 26 heavy (non-hydrogen) atoms. The summed E-state index contributed by atoms with van der Waals surface area (Å²) < 4.78 is 0. The molecule has 0 bridgehead atoms. The Morgan fingerprint density at radius 1 is 1.35 bits per heavy atom. The molecular weight excluding hydrogens is 352 g/mol. The summed E-state index contributed by atoms with van der Waals surface area (Å²) in [5, 5.41) is 6.11. The van der Waals surface area contributed by atoms with Crippen molar-refractivity contribution in [1.82, 2.24) is 15.5 Å². The van der Waals surface area contributed by atoms with E-state index in [4.69, 9.17) is 11.6 Å². The van der Waals surface area contributed by atoms with Gasteiger partial charge in [-0.15, -0.1) is 0 Å². The first kappa shape index (κ1) is 20.6. The summed E-state index contributed by atoms with van der Waals surface area (Å²) in [6, 6.07) is 0. The number of hydrogen-bond acceptors (Lipinski definition) is 4. The van der Waals surface area contributed by atoms with Gasteiger partial charge >= 0.3 is 0 Å². The summed E-state index contributed by atoms with van der Waals surface area (Å²) in [6.07, 6.45) is 3.56. The number of likely N-dealkylation sites (tertiary alicyclic amines) is 1. The molecule has 2 fully saturated rings. The number of carbonyl (C=O) groups excluding carboxylic acids is 2. The minimum absolute atomic E-state index is 0.0765. The third-order valence-electron chi connectivity index (χ3n) is 4.69. The largest absolute Gasteiger partial charge is 0.350 e. The molecule has 0 aromatic carbocycles. The summed E-state index contributed by atoms with van der Waals surface area (Å²) in [5.41, 5.74) is 0.318. The van der Waals surface area contributed by atoms with Crippen molar-refractivity contribution in [2.45, 2.75) is 39.2 Å². The summed E-state index contributed by atoms with van der Waals surface area (Å²) in [7, 11) is 0. The van der Waals surface area contributed by atoms with Crippen LogP contribution in [0.2, 0.25) is 0 Å². The molecular formula is C19H29ClN4O2. The lowest BCUT2D eigenvalue weighted by molar-refractivity contribution is -0.134. The van der Waals surface area contributed by atoms with Crippen LogP contribution in [0.15, 0.2) is 28.4 Å². The molecule has 0 radical (unpaired) electrons. The molecule has 0 atom stereocenters. The van der Waals surface area contributed by atoms with Gasteiger partial charge in [0.2, 0.25) is 5.91 Å². The van der Waals surface area contributed by atoms with Gasteiger partial charge in [-0.1, -0.05) is 18.2 Å². The van der Waals surface area contributed by atoms with Crippen molar-refractivity contribution < 1.29 is 9.59 Å². The Kier molecular flexibility index (Phi) is 6.29. The molecule has 1 aliphatic carbocycles. The molecule has 2 aliphatic rings. The summed E-state index contributed by atoms with van der Waals surface area (Å²) in [5.74, 6) is 0.263. The third-order valence-corrected chi connectivity index (χ3v) is 4.80. The van der Waals surface area contributed by atoms with Crippen LogP contribution in [0.25, 0.3) is 0 Å². The second-order valence-corrected chi connectivity index (χ2v) is 9.05. The topological polar surface area (TPSA) is 73.8 Å². The van der Waals surface area contributed by atoms with Crippen molar-refractivity contribution in [3.63, 3.8) is 0 Å². The van der Waals surface area contributed by atoms with E-state index in [2.05, 4.69) is 33.8 Å². The molecule has 0 aromatic rings. The van der Waals surface area contributed by atoms with E-state index < -0.39 is 0 Å². The van der Waals surface area contributed by atoms with Crippen molar-refractivity contribution in [3.05, 3.63) is 23.4 Å². The highest BCUT2D eigenvalue weighted by molar-refractivity contribution is 6.31. The van der Waals surface area contributed by atoms with E-state index in [-0.39, 0.29) is 28.1 Å². The molecule has 2 amide bonds. The molecule has 1 heterocycles. The minimum atomic E-state index is -0.281.